The highest BCUT2D eigenvalue weighted by atomic mass is 32.2. The maximum atomic E-state index is 12.5. The van der Waals surface area contributed by atoms with Gasteiger partial charge in [0.15, 0.2) is 0 Å². The number of aryl methyl sites for hydroxylation is 1. The van der Waals surface area contributed by atoms with E-state index in [1.54, 1.807) is 12.3 Å². The second kappa shape index (κ2) is 6.77. The van der Waals surface area contributed by atoms with Gasteiger partial charge >= 0.3 is 0 Å². The monoisotopic (exact) mass is 355 g/mol. The lowest BCUT2D eigenvalue weighted by molar-refractivity contribution is 0.0243. The van der Waals surface area contributed by atoms with Gasteiger partial charge in [-0.25, -0.2) is 4.98 Å². The highest BCUT2D eigenvalue weighted by molar-refractivity contribution is 8.01. The van der Waals surface area contributed by atoms with E-state index in [9.17, 15) is 4.79 Å². The van der Waals surface area contributed by atoms with E-state index in [1.807, 2.05) is 53.9 Å². The van der Waals surface area contributed by atoms with Gasteiger partial charge in [0, 0.05) is 30.7 Å². The van der Waals surface area contributed by atoms with Crippen LogP contribution in [0.15, 0.2) is 42.6 Å². The molecule has 6 heteroatoms. The third-order valence-corrected chi connectivity index (χ3v) is 6.30. The maximum Gasteiger partial charge on any atom is 0.272 e. The second-order valence-electron chi connectivity index (χ2n) is 6.78. The van der Waals surface area contributed by atoms with Crippen molar-refractivity contribution in [2.24, 2.45) is 0 Å². The fourth-order valence-corrected chi connectivity index (χ4v) is 4.99. The predicted octanol–water partition coefficient (Wildman–Crippen LogP) is 2.70. The highest BCUT2D eigenvalue weighted by Gasteiger charge is 2.51. The molecule has 2 saturated heterocycles. The van der Waals surface area contributed by atoms with E-state index in [0.29, 0.717) is 12.3 Å². The van der Waals surface area contributed by atoms with Crippen LogP contribution in [-0.4, -0.2) is 50.5 Å². The molecule has 0 aromatic carbocycles. The summed E-state index contributed by atoms with van der Waals surface area (Å²) in [6.45, 7) is 4.04. The van der Waals surface area contributed by atoms with Gasteiger partial charge in [0.2, 0.25) is 0 Å². The van der Waals surface area contributed by atoms with Crippen molar-refractivity contribution in [3.63, 3.8) is 0 Å². The van der Waals surface area contributed by atoms with E-state index in [2.05, 4.69) is 9.97 Å². The number of rotatable bonds is 4. The zero-order valence-electron chi connectivity index (χ0n) is 14.2. The molecule has 1 atom stereocenters. The number of hydrogen-bond donors (Lipinski definition) is 0. The Labute approximate surface area is 151 Å². The fourth-order valence-electron chi connectivity index (χ4n) is 3.43. The zero-order chi connectivity index (χ0) is 17.3. The summed E-state index contributed by atoms with van der Waals surface area (Å²) in [5, 5.41) is 0. The van der Waals surface area contributed by atoms with Gasteiger partial charge < -0.3 is 9.64 Å². The number of nitrogens with zero attached hydrogens (tertiary/aromatic N) is 3. The summed E-state index contributed by atoms with van der Waals surface area (Å²) < 4.78 is 6.18. The Bertz CT molecular complexity index is 762. The van der Waals surface area contributed by atoms with Crippen LogP contribution in [0.2, 0.25) is 0 Å². The van der Waals surface area contributed by atoms with Crippen LogP contribution in [-0.2, 0) is 11.3 Å². The Kier molecular flexibility index (Phi) is 4.48. The van der Waals surface area contributed by atoms with E-state index in [4.69, 9.17) is 4.74 Å². The van der Waals surface area contributed by atoms with Crippen LogP contribution in [0, 0.1) is 6.92 Å². The molecule has 5 nitrogen and oxygen atoms in total. The molecule has 130 valence electrons. The van der Waals surface area contributed by atoms with Crippen LogP contribution in [0.3, 0.4) is 0 Å². The lowest BCUT2D eigenvalue weighted by atomic mass is 9.92. The van der Waals surface area contributed by atoms with Crippen LogP contribution in [0.5, 0.6) is 0 Å². The van der Waals surface area contributed by atoms with Crippen molar-refractivity contribution in [2.75, 3.05) is 18.8 Å². The Hall–Kier alpha value is -1.92. The summed E-state index contributed by atoms with van der Waals surface area (Å²) in [6, 6.07) is 11.5. The number of thioether (sulfide) groups is 1. The SMILES string of the molecule is Cc1cccc(C(=O)N2CC3(CC(OCc4ccccn4)CS3)C2)n1. The number of likely N-dealkylation sites (tertiary alicyclic amines) is 1. The summed E-state index contributed by atoms with van der Waals surface area (Å²) in [4.78, 5) is 23.1. The molecule has 2 fully saturated rings. The first kappa shape index (κ1) is 16.5. The first-order valence-electron chi connectivity index (χ1n) is 8.52. The Morgan fingerprint density at radius 1 is 1.32 bits per heavy atom. The summed E-state index contributed by atoms with van der Waals surface area (Å²) in [6.07, 6.45) is 3.02. The molecule has 4 heterocycles. The lowest BCUT2D eigenvalue weighted by Gasteiger charge is -2.47. The molecule has 0 radical (unpaired) electrons. The van der Waals surface area contributed by atoms with Crippen molar-refractivity contribution in [1.82, 2.24) is 14.9 Å². The average Bonchev–Trinajstić information content (AvgIpc) is 3.04. The minimum absolute atomic E-state index is 0.0350. The Morgan fingerprint density at radius 3 is 2.96 bits per heavy atom. The van der Waals surface area contributed by atoms with Crippen LogP contribution in [0.1, 0.15) is 28.3 Å². The van der Waals surface area contributed by atoms with Gasteiger partial charge in [-0.1, -0.05) is 12.1 Å². The van der Waals surface area contributed by atoms with E-state index in [-0.39, 0.29) is 16.8 Å². The molecule has 0 saturated carbocycles. The van der Waals surface area contributed by atoms with Gasteiger partial charge in [-0.3, -0.25) is 9.78 Å². The number of carbonyl (C=O) groups is 1. The normalized spacial score (nSPS) is 21.3. The third kappa shape index (κ3) is 3.55. The first-order valence-corrected chi connectivity index (χ1v) is 9.51. The standard InChI is InChI=1S/C19H21N3O2S/c1-14-5-4-7-17(21-14)18(23)22-12-19(13-22)9-16(11-25-19)24-10-15-6-2-3-8-20-15/h2-8,16H,9-13H2,1H3. The maximum absolute atomic E-state index is 12.5. The fraction of sp³-hybridized carbons (Fsp3) is 0.421. The topological polar surface area (TPSA) is 55.3 Å². The molecular formula is C19H21N3O2S. The van der Waals surface area contributed by atoms with Crippen molar-refractivity contribution >= 4 is 17.7 Å². The Balaban J connectivity index is 1.29. The van der Waals surface area contributed by atoms with E-state index in [0.717, 1.165) is 36.7 Å². The number of ether oxygens (including phenoxy) is 1. The van der Waals surface area contributed by atoms with Crippen LogP contribution >= 0.6 is 11.8 Å². The molecular weight excluding hydrogens is 334 g/mol. The minimum Gasteiger partial charge on any atom is -0.371 e. The zero-order valence-corrected chi connectivity index (χ0v) is 15.0. The van der Waals surface area contributed by atoms with Crippen molar-refractivity contribution in [3.8, 4) is 0 Å². The molecule has 0 bridgehead atoms. The molecule has 2 aliphatic heterocycles. The van der Waals surface area contributed by atoms with Gasteiger partial charge in [0.05, 0.1) is 23.2 Å². The largest absolute Gasteiger partial charge is 0.371 e. The van der Waals surface area contributed by atoms with Gasteiger partial charge in [-0.2, -0.15) is 0 Å². The van der Waals surface area contributed by atoms with Gasteiger partial charge in [-0.05, 0) is 37.6 Å². The van der Waals surface area contributed by atoms with Gasteiger partial charge in [-0.15, -0.1) is 11.8 Å². The average molecular weight is 355 g/mol. The van der Waals surface area contributed by atoms with Crippen molar-refractivity contribution in [2.45, 2.75) is 30.8 Å². The molecule has 4 rings (SSSR count). The van der Waals surface area contributed by atoms with Crippen molar-refractivity contribution in [1.29, 1.82) is 0 Å². The highest BCUT2D eigenvalue weighted by Crippen LogP contribution is 2.46. The number of pyridine rings is 2. The quantitative estimate of drug-likeness (QED) is 0.844. The summed E-state index contributed by atoms with van der Waals surface area (Å²) >= 11 is 1.93. The molecule has 1 amide bonds. The van der Waals surface area contributed by atoms with E-state index < -0.39 is 0 Å². The minimum atomic E-state index is 0.0350. The molecule has 0 N–H and O–H groups in total. The molecule has 25 heavy (non-hydrogen) atoms. The predicted molar refractivity (Wildman–Crippen MR) is 97.5 cm³/mol. The van der Waals surface area contributed by atoms with E-state index in [1.165, 1.54) is 0 Å². The number of amides is 1. The smallest absolute Gasteiger partial charge is 0.272 e. The molecule has 0 aliphatic carbocycles. The molecule has 2 aromatic rings. The van der Waals surface area contributed by atoms with Crippen LogP contribution < -0.4 is 0 Å². The van der Waals surface area contributed by atoms with Crippen molar-refractivity contribution in [3.05, 3.63) is 59.7 Å². The molecule has 2 aliphatic rings. The number of aromatic nitrogens is 2. The molecule has 1 unspecified atom stereocenters. The molecule has 2 aromatic heterocycles. The lowest BCUT2D eigenvalue weighted by Crippen LogP contribution is -2.60. The van der Waals surface area contributed by atoms with E-state index >= 15 is 0 Å². The number of carbonyl (C=O) groups excluding carboxylic acids is 1. The summed E-state index contributed by atoms with van der Waals surface area (Å²) in [7, 11) is 0. The first-order chi connectivity index (χ1) is 12.1. The van der Waals surface area contributed by atoms with Crippen molar-refractivity contribution < 1.29 is 9.53 Å². The summed E-state index contributed by atoms with van der Waals surface area (Å²) in [5.41, 5.74) is 2.38. The second-order valence-corrected chi connectivity index (χ2v) is 8.27. The number of hydrogen-bond acceptors (Lipinski definition) is 5. The Morgan fingerprint density at radius 2 is 2.20 bits per heavy atom. The molecule has 1 spiro atoms. The third-order valence-electron chi connectivity index (χ3n) is 4.72. The van der Waals surface area contributed by atoms with Gasteiger partial charge in [0.1, 0.15) is 5.69 Å². The summed E-state index contributed by atoms with van der Waals surface area (Å²) in [5.74, 6) is 1.02. The van der Waals surface area contributed by atoms with Gasteiger partial charge in [0.25, 0.3) is 5.91 Å². The van der Waals surface area contributed by atoms with Crippen LogP contribution in [0.25, 0.3) is 0 Å². The van der Waals surface area contributed by atoms with Crippen LogP contribution in [0.4, 0.5) is 0 Å².